The molecule has 0 spiro atoms. The summed E-state index contributed by atoms with van der Waals surface area (Å²) in [5.74, 6) is -0.401. The van der Waals surface area contributed by atoms with Gasteiger partial charge >= 0.3 is 0 Å². The molecule has 1 aromatic heterocycles. The van der Waals surface area contributed by atoms with Crippen LogP contribution < -0.4 is 11.5 Å². The number of benzene rings is 1. The Hall–Kier alpha value is -1.37. The lowest BCUT2D eigenvalue weighted by Crippen LogP contribution is -2.17. The zero-order chi connectivity index (χ0) is 11.7. The van der Waals surface area contributed by atoms with Gasteiger partial charge in [-0.25, -0.2) is 0 Å². The van der Waals surface area contributed by atoms with Crippen LogP contribution in [0.1, 0.15) is 9.62 Å². The van der Waals surface area contributed by atoms with E-state index in [0.29, 0.717) is 11.4 Å². The van der Waals surface area contributed by atoms with Gasteiger partial charge in [0.05, 0.1) is 5.69 Å². The van der Waals surface area contributed by atoms with Gasteiger partial charge in [0.15, 0.2) is 0 Å². The van der Waals surface area contributed by atoms with Gasteiger partial charge in [-0.1, -0.05) is 34.7 Å². The number of aromatic nitrogens is 1. The van der Waals surface area contributed by atoms with Crippen molar-refractivity contribution >= 4 is 45.0 Å². The first kappa shape index (κ1) is 11.1. The standard InChI is InChI=1S/C11H10IN3O/c12-10(11(14)16)9-4-7-6(5-15-9)2-1-3-8(7)13/h1-5,10H,13H2,(H2,14,16). The van der Waals surface area contributed by atoms with E-state index in [4.69, 9.17) is 11.5 Å². The normalized spacial score (nSPS) is 12.6. The van der Waals surface area contributed by atoms with Crippen molar-refractivity contribution in [2.45, 2.75) is 3.92 Å². The van der Waals surface area contributed by atoms with E-state index in [1.165, 1.54) is 0 Å². The number of pyridine rings is 1. The van der Waals surface area contributed by atoms with Crippen LogP contribution in [0.2, 0.25) is 0 Å². The summed E-state index contributed by atoms with van der Waals surface area (Å²) >= 11 is 1.96. The molecule has 1 heterocycles. The number of fused-ring (bicyclic) bond motifs is 1. The van der Waals surface area contributed by atoms with Gasteiger partial charge in [-0.05, 0) is 12.1 Å². The largest absolute Gasteiger partial charge is 0.398 e. The summed E-state index contributed by atoms with van der Waals surface area (Å²) in [5.41, 5.74) is 12.4. The lowest BCUT2D eigenvalue weighted by atomic mass is 10.1. The Labute approximate surface area is 106 Å². The zero-order valence-electron chi connectivity index (χ0n) is 8.35. The first-order valence-electron chi connectivity index (χ1n) is 4.67. The zero-order valence-corrected chi connectivity index (χ0v) is 10.5. The predicted octanol–water partition coefficient (Wildman–Crippen LogP) is 1.78. The van der Waals surface area contributed by atoms with E-state index in [-0.39, 0.29) is 0 Å². The molecular formula is C11H10IN3O. The molecule has 0 bridgehead atoms. The number of primary amides is 1. The molecule has 0 saturated carbocycles. The van der Waals surface area contributed by atoms with Crippen molar-refractivity contribution in [1.82, 2.24) is 4.98 Å². The molecule has 5 heteroatoms. The van der Waals surface area contributed by atoms with Gasteiger partial charge in [0.1, 0.15) is 3.92 Å². The van der Waals surface area contributed by atoms with Crippen LogP contribution >= 0.6 is 22.6 Å². The Morgan fingerprint density at radius 2 is 2.19 bits per heavy atom. The monoisotopic (exact) mass is 327 g/mol. The van der Waals surface area contributed by atoms with Crippen molar-refractivity contribution in [2.24, 2.45) is 5.73 Å². The summed E-state index contributed by atoms with van der Waals surface area (Å²) in [4.78, 5) is 15.3. The second-order valence-electron chi connectivity index (χ2n) is 3.44. The van der Waals surface area contributed by atoms with Crippen molar-refractivity contribution in [3.63, 3.8) is 0 Å². The number of nitrogens with two attached hydrogens (primary N) is 2. The Bertz CT molecular complexity index is 556. The molecule has 0 radical (unpaired) electrons. The molecule has 82 valence electrons. The number of carbonyl (C=O) groups is 1. The lowest BCUT2D eigenvalue weighted by molar-refractivity contribution is -0.117. The molecule has 2 rings (SSSR count). The van der Waals surface area contributed by atoms with Gasteiger partial charge in [-0.2, -0.15) is 0 Å². The minimum atomic E-state index is -0.429. The third-order valence-electron chi connectivity index (χ3n) is 2.33. The number of hydrogen-bond donors (Lipinski definition) is 2. The molecule has 4 nitrogen and oxygen atoms in total. The second-order valence-corrected chi connectivity index (χ2v) is 4.69. The third-order valence-corrected chi connectivity index (χ3v) is 3.58. The Kier molecular flexibility index (Phi) is 2.95. The van der Waals surface area contributed by atoms with E-state index in [1.54, 1.807) is 6.20 Å². The van der Waals surface area contributed by atoms with Crippen molar-refractivity contribution in [3.8, 4) is 0 Å². The van der Waals surface area contributed by atoms with E-state index < -0.39 is 9.83 Å². The van der Waals surface area contributed by atoms with Gasteiger partial charge in [0.2, 0.25) is 5.91 Å². The SMILES string of the molecule is NC(=O)C(I)c1cc2c(N)cccc2cn1. The molecule has 0 aliphatic heterocycles. The quantitative estimate of drug-likeness (QED) is 0.501. The predicted molar refractivity (Wildman–Crippen MR) is 72.1 cm³/mol. The number of halogens is 1. The Balaban J connectivity index is 2.59. The molecule has 1 amide bonds. The number of rotatable bonds is 2. The maximum Gasteiger partial charge on any atom is 0.236 e. The fourth-order valence-corrected chi connectivity index (χ4v) is 1.84. The van der Waals surface area contributed by atoms with Crippen LogP contribution in [0.25, 0.3) is 10.8 Å². The number of anilines is 1. The van der Waals surface area contributed by atoms with Crippen LogP contribution in [-0.4, -0.2) is 10.9 Å². The number of alkyl halides is 1. The van der Waals surface area contributed by atoms with Crippen molar-refractivity contribution in [1.29, 1.82) is 0 Å². The van der Waals surface area contributed by atoms with Crippen LogP contribution in [0.3, 0.4) is 0 Å². The molecule has 16 heavy (non-hydrogen) atoms. The number of carbonyl (C=O) groups excluding carboxylic acids is 1. The first-order chi connectivity index (χ1) is 7.59. The minimum Gasteiger partial charge on any atom is -0.398 e. The summed E-state index contributed by atoms with van der Waals surface area (Å²) in [6, 6.07) is 7.43. The molecule has 4 N–H and O–H groups in total. The second kappa shape index (κ2) is 4.25. The molecule has 0 aliphatic carbocycles. The van der Waals surface area contributed by atoms with Crippen LogP contribution in [0, 0.1) is 0 Å². The van der Waals surface area contributed by atoms with Crippen molar-refractivity contribution in [3.05, 3.63) is 36.2 Å². The summed E-state index contributed by atoms with van der Waals surface area (Å²) in [5, 5.41) is 1.85. The smallest absolute Gasteiger partial charge is 0.236 e. The average molecular weight is 327 g/mol. The highest BCUT2D eigenvalue weighted by atomic mass is 127. The molecule has 1 aromatic carbocycles. The van der Waals surface area contributed by atoms with Gasteiger partial charge in [-0.15, -0.1) is 0 Å². The van der Waals surface area contributed by atoms with E-state index in [0.717, 1.165) is 10.8 Å². The molecule has 0 fully saturated rings. The van der Waals surface area contributed by atoms with Gasteiger partial charge in [0.25, 0.3) is 0 Å². The average Bonchev–Trinajstić information content (AvgIpc) is 2.28. The molecule has 1 atom stereocenters. The summed E-state index contributed by atoms with van der Waals surface area (Å²) in [6.07, 6.45) is 1.70. The van der Waals surface area contributed by atoms with Gasteiger partial charge in [0, 0.05) is 22.7 Å². The maximum atomic E-state index is 11.1. The molecule has 0 aliphatic rings. The minimum absolute atomic E-state index is 0.401. The van der Waals surface area contributed by atoms with E-state index in [9.17, 15) is 4.79 Å². The van der Waals surface area contributed by atoms with Crippen LogP contribution in [0.5, 0.6) is 0 Å². The van der Waals surface area contributed by atoms with Crippen LogP contribution in [0.15, 0.2) is 30.5 Å². The number of nitrogen functional groups attached to an aromatic ring is 1. The summed E-state index contributed by atoms with van der Waals surface area (Å²) < 4.78 is -0.429. The number of amides is 1. The molecule has 1 unspecified atom stereocenters. The third kappa shape index (κ3) is 1.95. The maximum absolute atomic E-state index is 11.1. The van der Waals surface area contributed by atoms with E-state index in [1.807, 2.05) is 46.9 Å². The Morgan fingerprint density at radius 1 is 1.44 bits per heavy atom. The fourth-order valence-electron chi connectivity index (χ4n) is 1.49. The van der Waals surface area contributed by atoms with Crippen molar-refractivity contribution in [2.75, 3.05) is 5.73 Å². The number of nitrogens with zero attached hydrogens (tertiary/aromatic N) is 1. The van der Waals surface area contributed by atoms with Crippen LogP contribution in [0.4, 0.5) is 5.69 Å². The van der Waals surface area contributed by atoms with Gasteiger partial charge in [-0.3, -0.25) is 9.78 Å². The highest BCUT2D eigenvalue weighted by molar-refractivity contribution is 14.1. The number of hydrogen-bond acceptors (Lipinski definition) is 3. The lowest BCUT2D eigenvalue weighted by Gasteiger charge is -2.07. The molecular weight excluding hydrogens is 317 g/mol. The van der Waals surface area contributed by atoms with Crippen molar-refractivity contribution < 1.29 is 4.79 Å². The van der Waals surface area contributed by atoms with E-state index in [2.05, 4.69) is 4.98 Å². The summed E-state index contributed by atoms with van der Waals surface area (Å²) in [7, 11) is 0. The topological polar surface area (TPSA) is 82.0 Å². The highest BCUT2D eigenvalue weighted by Gasteiger charge is 2.15. The summed E-state index contributed by atoms with van der Waals surface area (Å²) in [6.45, 7) is 0. The highest BCUT2D eigenvalue weighted by Crippen LogP contribution is 2.26. The first-order valence-corrected chi connectivity index (χ1v) is 5.91. The fraction of sp³-hybridized carbons (Fsp3) is 0.0909. The Morgan fingerprint density at radius 3 is 2.88 bits per heavy atom. The van der Waals surface area contributed by atoms with E-state index >= 15 is 0 Å². The molecule has 2 aromatic rings. The molecule has 0 saturated heterocycles. The van der Waals surface area contributed by atoms with Gasteiger partial charge < -0.3 is 11.5 Å². The van der Waals surface area contributed by atoms with Crippen LogP contribution in [-0.2, 0) is 4.79 Å².